The van der Waals surface area contributed by atoms with Crippen molar-refractivity contribution in [3.8, 4) is 22.3 Å². The summed E-state index contributed by atoms with van der Waals surface area (Å²) in [6.45, 7) is -2.68. The highest BCUT2D eigenvalue weighted by Crippen LogP contribution is 2.24. The average Bonchev–Trinajstić information content (AvgIpc) is 3.10. The standard InChI is InChI=1S/C10H6F2N4OS/c11-10(12)16-4-3-6(14-16)9-13-8(15-17-9)7-2-1-5-18-7/h1-5,10H. The van der Waals surface area contributed by atoms with Crippen molar-refractivity contribution < 1.29 is 13.3 Å². The number of nitrogens with zero attached hydrogens (tertiary/aromatic N) is 4. The molecule has 0 fully saturated rings. The molecule has 0 aromatic carbocycles. The lowest BCUT2D eigenvalue weighted by molar-refractivity contribution is 0.0568. The van der Waals surface area contributed by atoms with Gasteiger partial charge >= 0.3 is 6.55 Å². The van der Waals surface area contributed by atoms with Crippen LogP contribution in [-0.4, -0.2) is 19.9 Å². The van der Waals surface area contributed by atoms with Gasteiger partial charge in [-0.2, -0.15) is 18.9 Å². The minimum atomic E-state index is -2.68. The first-order chi connectivity index (χ1) is 8.74. The van der Waals surface area contributed by atoms with E-state index in [1.807, 2.05) is 17.5 Å². The van der Waals surface area contributed by atoms with Gasteiger partial charge in [0.25, 0.3) is 5.89 Å². The van der Waals surface area contributed by atoms with Crippen LogP contribution in [0.15, 0.2) is 34.3 Å². The Kier molecular flexibility index (Phi) is 2.63. The van der Waals surface area contributed by atoms with Gasteiger partial charge in [0.2, 0.25) is 5.82 Å². The Bertz CT molecular complexity index is 646. The Balaban J connectivity index is 1.93. The van der Waals surface area contributed by atoms with Gasteiger partial charge in [-0.3, -0.25) is 0 Å². The van der Waals surface area contributed by atoms with Crippen LogP contribution in [0.4, 0.5) is 8.78 Å². The minimum Gasteiger partial charge on any atom is -0.332 e. The predicted octanol–water partition coefficient (Wildman–Crippen LogP) is 3.06. The molecule has 92 valence electrons. The van der Waals surface area contributed by atoms with Crippen LogP contribution in [0.1, 0.15) is 6.55 Å². The molecular formula is C10H6F2N4OS. The maximum absolute atomic E-state index is 12.4. The maximum atomic E-state index is 12.4. The average molecular weight is 268 g/mol. The third kappa shape index (κ3) is 1.90. The molecule has 3 rings (SSSR count). The Labute approximate surface area is 104 Å². The van der Waals surface area contributed by atoms with Gasteiger partial charge in [0.15, 0.2) is 5.69 Å². The van der Waals surface area contributed by atoms with Crippen LogP contribution in [0.5, 0.6) is 0 Å². The first-order valence-corrected chi connectivity index (χ1v) is 5.83. The first-order valence-electron chi connectivity index (χ1n) is 4.95. The fourth-order valence-electron chi connectivity index (χ4n) is 1.39. The summed E-state index contributed by atoms with van der Waals surface area (Å²) >= 11 is 1.46. The lowest BCUT2D eigenvalue weighted by atomic mass is 10.4. The molecular weight excluding hydrogens is 262 g/mol. The van der Waals surface area contributed by atoms with E-state index < -0.39 is 6.55 Å². The smallest absolute Gasteiger partial charge is 0.332 e. The zero-order chi connectivity index (χ0) is 12.5. The van der Waals surface area contributed by atoms with Gasteiger partial charge in [-0.05, 0) is 17.5 Å². The molecule has 0 aliphatic carbocycles. The van der Waals surface area contributed by atoms with Crippen molar-refractivity contribution in [2.24, 2.45) is 0 Å². The Morgan fingerprint density at radius 2 is 2.22 bits per heavy atom. The normalized spacial score (nSPS) is 11.3. The van der Waals surface area contributed by atoms with Crippen molar-refractivity contribution >= 4 is 11.3 Å². The monoisotopic (exact) mass is 268 g/mol. The van der Waals surface area contributed by atoms with E-state index in [0.717, 1.165) is 11.1 Å². The molecule has 0 unspecified atom stereocenters. The Morgan fingerprint density at radius 3 is 2.89 bits per heavy atom. The van der Waals surface area contributed by atoms with E-state index in [1.165, 1.54) is 17.4 Å². The molecule has 0 atom stereocenters. The topological polar surface area (TPSA) is 56.7 Å². The number of alkyl halides is 2. The fraction of sp³-hybridized carbons (Fsp3) is 0.100. The van der Waals surface area contributed by atoms with Crippen LogP contribution >= 0.6 is 11.3 Å². The highest BCUT2D eigenvalue weighted by atomic mass is 32.1. The van der Waals surface area contributed by atoms with E-state index in [2.05, 4.69) is 15.2 Å². The second-order valence-corrected chi connectivity index (χ2v) is 4.31. The van der Waals surface area contributed by atoms with Crippen molar-refractivity contribution in [2.45, 2.75) is 6.55 Å². The molecule has 0 spiro atoms. The third-order valence-corrected chi connectivity index (χ3v) is 3.06. The van der Waals surface area contributed by atoms with E-state index >= 15 is 0 Å². The molecule has 0 saturated carbocycles. The molecule has 0 aliphatic rings. The quantitative estimate of drug-likeness (QED) is 0.732. The SMILES string of the molecule is FC(F)n1ccc(-c2nc(-c3cccs3)no2)n1. The van der Waals surface area contributed by atoms with Gasteiger partial charge in [0.1, 0.15) is 0 Å². The summed E-state index contributed by atoms with van der Waals surface area (Å²) in [5.41, 5.74) is 0.227. The highest BCUT2D eigenvalue weighted by Gasteiger charge is 2.15. The molecule has 0 amide bonds. The van der Waals surface area contributed by atoms with Crippen LogP contribution in [0.2, 0.25) is 0 Å². The van der Waals surface area contributed by atoms with Gasteiger partial charge in [0.05, 0.1) is 4.88 Å². The lowest BCUT2D eigenvalue weighted by Gasteiger charge is -1.94. The first kappa shape index (κ1) is 11.0. The Morgan fingerprint density at radius 1 is 1.33 bits per heavy atom. The maximum Gasteiger partial charge on any atom is 0.333 e. The number of thiophene rings is 1. The second kappa shape index (κ2) is 4.30. The number of hydrogen-bond acceptors (Lipinski definition) is 5. The zero-order valence-corrected chi connectivity index (χ0v) is 9.64. The summed E-state index contributed by atoms with van der Waals surface area (Å²) in [5.74, 6) is 0.546. The van der Waals surface area contributed by atoms with Crippen LogP contribution in [-0.2, 0) is 0 Å². The number of halogens is 2. The van der Waals surface area contributed by atoms with E-state index in [1.54, 1.807) is 0 Å². The summed E-state index contributed by atoms with van der Waals surface area (Å²) < 4.78 is 30.2. The molecule has 18 heavy (non-hydrogen) atoms. The van der Waals surface area contributed by atoms with Crippen LogP contribution in [0, 0.1) is 0 Å². The van der Waals surface area contributed by atoms with Crippen molar-refractivity contribution in [1.82, 2.24) is 19.9 Å². The van der Waals surface area contributed by atoms with E-state index in [9.17, 15) is 8.78 Å². The zero-order valence-electron chi connectivity index (χ0n) is 8.83. The Hall–Kier alpha value is -2.09. The van der Waals surface area contributed by atoms with Crippen molar-refractivity contribution in [2.75, 3.05) is 0 Å². The molecule has 0 radical (unpaired) electrons. The van der Waals surface area contributed by atoms with Gasteiger partial charge < -0.3 is 4.52 Å². The van der Waals surface area contributed by atoms with Gasteiger partial charge in [-0.25, -0.2) is 4.68 Å². The number of hydrogen-bond donors (Lipinski definition) is 0. The summed E-state index contributed by atoms with van der Waals surface area (Å²) in [4.78, 5) is 4.95. The summed E-state index contributed by atoms with van der Waals surface area (Å²) in [6, 6.07) is 5.11. The van der Waals surface area contributed by atoms with E-state index in [-0.39, 0.29) is 11.6 Å². The largest absolute Gasteiger partial charge is 0.333 e. The fourth-order valence-corrected chi connectivity index (χ4v) is 2.04. The van der Waals surface area contributed by atoms with Crippen molar-refractivity contribution in [3.05, 3.63) is 29.8 Å². The van der Waals surface area contributed by atoms with Gasteiger partial charge in [-0.1, -0.05) is 11.2 Å². The summed E-state index contributed by atoms with van der Waals surface area (Å²) in [6.07, 6.45) is 1.16. The summed E-state index contributed by atoms with van der Waals surface area (Å²) in [5, 5.41) is 9.31. The molecule has 3 aromatic heterocycles. The molecule has 3 aromatic rings. The van der Waals surface area contributed by atoms with Gasteiger partial charge in [-0.15, -0.1) is 11.3 Å². The minimum absolute atomic E-state index is 0.123. The van der Waals surface area contributed by atoms with E-state index in [4.69, 9.17) is 4.52 Å². The van der Waals surface area contributed by atoms with Crippen LogP contribution in [0.25, 0.3) is 22.3 Å². The van der Waals surface area contributed by atoms with Crippen LogP contribution in [0.3, 0.4) is 0 Å². The molecule has 5 nitrogen and oxygen atoms in total. The predicted molar refractivity (Wildman–Crippen MR) is 60.1 cm³/mol. The molecule has 0 saturated heterocycles. The van der Waals surface area contributed by atoms with Crippen molar-refractivity contribution in [1.29, 1.82) is 0 Å². The number of rotatable bonds is 3. The highest BCUT2D eigenvalue weighted by molar-refractivity contribution is 7.13. The van der Waals surface area contributed by atoms with Crippen LogP contribution < -0.4 is 0 Å². The lowest BCUT2D eigenvalue weighted by Crippen LogP contribution is -1.98. The second-order valence-electron chi connectivity index (χ2n) is 3.36. The third-order valence-electron chi connectivity index (χ3n) is 2.20. The molecule has 8 heteroatoms. The van der Waals surface area contributed by atoms with E-state index in [0.29, 0.717) is 10.5 Å². The van der Waals surface area contributed by atoms with Gasteiger partial charge in [0, 0.05) is 6.20 Å². The molecule has 3 heterocycles. The molecule has 0 N–H and O–H groups in total. The molecule has 0 aliphatic heterocycles. The van der Waals surface area contributed by atoms with Crippen molar-refractivity contribution in [3.63, 3.8) is 0 Å². The number of aromatic nitrogens is 4. The summed E-state index contributed by atoms with van der Waals surface area (Å²) in [7, 11) is 0. The molecule has 0 bridgehead atoms.